The summed E-state index contributed by atoms with van der Waals surface area (Å²) >= 11 is 0. The van der Waals surface area contributed by atoms with Crippen molar-refractivity contribution in [2.45, 2.75) is 6.04 Å². The fraction of sp³-hybridized carbons (Fsp3) is 0.154. The van der Waals surface area contributed by atoms with Gasteiger partial charge in [-0.05, 0) is 11.2 Å². The van der Waals surface area contributed by atoms with Crippen LogP contribution in [0.4, 0.5) is 0 Å². The third kappa shape index (κ3) is 2.20. The maximum absolute atomic E-state index is 10.9. The van der Waals surface area contributed by atoms with Crippen LogP contribution in [-0.4, -0.2) is 34.8 Å². The van der Waals surface area contributed by atoms with Crippen LogP contribution in [0.15, 0.2) is 52.7 Å². The van der Waals surface area contributed by atoms with E-state index in [0.29, 0.717) is 17.9 Å². The van der Waals surface area contributed by atoms with E-state index < -0.39 is 0 Å². The maximum atomic E-state index is 10.9. The molecule has 0 radical (unpaired) electrons. The summed E-state index contributed by atoms with van der Waals surface area (Å²) in [6.07, 6.45) is 10.9. The smallest absolute Gasteiger partial charge is 0.246 e. The van der Waals surface area contributed by atoms with Gasteiger partial charge in [0.1, 0.15) is 18.6 Å². The molecule has 1 atom stereocenters. The predicted molar refractivity (Wildman–Crippen MR) is 67.3 cm³/mol. The first-order chi connectivity index (χ1) is 9.38. The number of ether oxygens (including phenoxy) is 1. The summed E-state index contributed by atoms with van der Waals surface area (Å²) in [4.78, 5) is 18.9. The van der Waals surface area contributed by atoms with Crippen LogP contribution in [0.2, 0.25) is 0 Å². The number of azo groups is 2. The van der Waals surface area contributed by atoms with Gasteiger partial charge < -0.3 is 4.74 Å². The van der Waals surface area contributed by atoms with Crippen LogP contribution in [0.25, 0.3) is 0 Å². The minimum absolute atomic E-state index is 0.00125. The number of aldehydes is 1. The fourth-order valence-electron chi connectivity index (χ4n) is 1.88. The number of hydrogen-bond acceptors (Lipinski definition) is 5. The molecule has 0 saturated carbocycles. The Morgan fingerprint density at radius 3 is 3.32 bits per heavy atom. The van der Waals surface area contributed by atoms with Crippen molar-refractivity contribution in [1.29, 1.82) is 0 Å². The summed E-state index contributed by atoms with van der Waals surface area (Å²) in [7, 11) is 0. The first-order valence-corrected chi connectivity index (χ1v) is 5.78. The highest BCUT2D eigenvalue weighted by molar-refractivity contribution is 5.78. The van der Waals surface area contributed by atoms with E-state index in [2.05, 4.69) is 15.1 Å². The molecule has 1 unspecified atom stereocenters. The van der Waals surface area contributed by atoms with Gasteiger partial charge in [0.2, 0.25) is 12.2 Å². The lowest BCUT2D eigenvalue weighted by molar-refractivity contribution is -0.530. The lowest BCUT2D eigenvalue weighted by Gasteiger charge is -2.10. The lowest BCUT2D eigenvalue weighted by atomic mass is 10.1. The Morgan fingerprint density at radius 1 is 1.47 bits per heavy atom. The molecule has 0 fully saturated rings. The van der Waals surface area contributed by atoms with Gasteiger partial charge in [-0.3, -0.25) is 14.8 Å². The van der Waals surface area contributed by atoms with Crippen molar-refractivity contribution >= 4 is 12.5 Å². The highest BCUT2D eigenvalue weighted by Gasteiger charge is 2.31. The number of aromatic nitrogens is 1. The normalized spacial score (nSPS) is 19.7. The van der Waals surface area contributed by atoms with Crippen LogP contribution in [0.5, 0.6) is 5.75 Å². The van der Waals surface area contributed by atoms with E-state index in [1.54, 1.807) is 41.8 Å². The van der Waals surface area contributed by atoms with Crippen molar-refractivity contribution < 1.29 is 14.2 Å². The second kappa shape index (κ2) is 4.93. The molecule has 0 amide bonds. The topological polar surface area (TPSA) is 66.9 Å². The molecule has 1 aromatic rings. The molecule has 6 nitrogen and oxygen atoms in total. The highest BCUT2D eigenvalue weighted by atomic mass is 16.5. The van der Waals surface area contributed by atoms with Gasteiger partial charge in [-0.25, -0.2) is 0 Å². The van der Waals surface area contributed by atoms with Crippen LogP contribution in [-0.2, 0) is 0 Å². The molecule has 3 heterocycles. The van der Waals surface area contributed by atoms with Crippen molar-refractivity contribution in [2.75, 3.05) is 6.61 Å². The number of carbonyl (C=O) groups excluding carboxylic acids is 1. The fourth-order valence-corrected chi connectivity index (χ4v) is 1.88. The zero-order chi connectivity index (χ0) is 13.1. The van der Waals surface area contributed by atoms with Crippen LogP contribution in [0, 0.1) is 0 Å². The van der Waals surface area contributed by atoms with Gasteiger partial charge in [-0.2, -0.15) is 0 Å². The minimum Gasteiger partial charge on any atom is -0.487 e. The SMILES string of the molecule is O=Cc1ccncc1OCC1=CN=[N+]2C=CN=CC12. The molecule has 94 valence electrons. The van der Waals surface area contributed by atoms with Crippen LogP contribution >= 0.6 is 0 Å². The minimum atomic E-state index is 0.00125. The van der Waals surface area contributed by atoms with E-state index in [-0.39, 0.29) is 6.04 Å². The molecule has 0 saturated heterocycles. The molecule has 0 bridgehead atoms. The molecule has 0 N–H and O–H groups in total. The van der Waals surface area contributed by atoms with Crippen molar-refractivity contribution in [3.05, 3.63) is 48.2 Å². The number of hydrogen-bond donors (Lipinski definition) is 0. The van der Waals surface area contributed by atoms with Crippen LogP contribution in [0.1, 0.15) is 10.4 Å². The van der Waals surface area contributed by atoms with Gasteiger partial charge in [0, 0.05) is 6.20 Å². The number of aliphatic imine (C=N–C) groups is 1. The number of nitrogens with zero attached hydrogens (tertiary/aromatic N) is 4. The molecule has 0 aromatic carbocycles. The largest absolute Gasteiger partial charge is 0.487 e. The Hall–Kier alpha value is -2.63. The summed E-state index contributed by atoms with van der Waals surface area (Å²) in [5, 5.41) is 4.22. The van der Waals surface area contributed by atoms with E-state index in [1.807, 2.05) is 0 Å². The van der Waals surface area contributed by atoms with Crippen molar-refractivity contribution in [2.24, 2.45) is 10.1 Å². The monoisotopic (exact) mass is 255 g/mol. The van der Waals surface area contributed by atoms with Crippen molar-refractivity contribution in [3.63, 3.8) is 0 Å². The Kier molecular flexibility index (Phi) is 2.97. The maximum Gasteiger partial charge on any atom is 0.246 e. The molecular formula is C13H11N4O2+. The number of fused-ring (bicyclic) bond motifs is 1. The number of rotatable bonds is 4. The molecule has 0 spiro atoms. The summed E-state index contributed by atoms with van der Waals surface area (Å²) in [6.45, 7) is 0.344. The van der Waals surface area contributed by atoms with E-state index >= 15 is 0 Å². The molecule has 1 aromatic heterocycles. The first kappa shape index (κ1) is 11.5. The summed E-state index contributed by atoms with van der Waals surface area (Å²) in [5.41, 5.74) is 1.47. The number of pyridine rings is 1. The van der Waals surface area contributed by atoms with Gasteiger partial charge in [-0.1, -0.05) is 4.70 Å². The van der Waals surface area contributed by atoms with E-state index in [0.717, 1.165) is 11.9 Å². The highest BCUT2D eigenvalue weighted by Crippen LogP contribution is 2.20. The van der Waals surface area contributed by atoms with E-state index in [9.17, 15) is 4.79 Å². The average molecular weight is 255 g/mol. The van der Waals surface area contributed by atoms with Crippen molar-refractivity contribution in [3.8, 4) is 5.75 Å². The Bertz CT molecular complexity index is 631. The summed E-state index contributed by atoms with van der Waals surface area (Å²) in [6, 6.07) is 1.62. The molecule has 6 heteroatoms. The average Bonchev–Trinajstić information content (AvgIpc) is 2.89. The van der Waals surface area contributed by atoms with Gasteiger partial charge in [-0.15, -0.1) is 0 Å². The van der Waals surface area contributed by atoms with Gasteiger partial charge in [0.25, 0.3) is 0 Å². The number of carbonyl (C=O) groups is 1. The third-order valence-electron chi connectivity index (χ3n) is 2.89. The van der Waals surface area contributed by atoms with Gasteiger partial charge in [0.15, 0.2) is 6.29 Å². The zero-order valence-corrected chi connectivity index (χ0v) is 10.0. The second-order valence-electron chi connectivity index (χ2n) is 4.06. The zero-order valence-electron chi connectivity index (χ0n) is 10.0. The standard InChI is InChI=1S/C13H11N4O2/c18-8-10-1-2-14-7-13(10)19-9-11-5-16-17-4-3-15-6-12(11)17/h1-8,12H,9H2/q+1. The quantitative estimate of drug-likeness (QED) is 0.605. The molecule has 19 heavy (non-hydrogen) atoms. The molecule has 2 aliphatic rings. The molecule has 0 aliphatic carbocycles. The Balaban J connectivity index is 1.70. The molecule has 2 aliphatic heterocycles. The van der Waals surface area contributed by atoms with Crippen LogP contribution < -0.4 is 4.74 Å². The summed E-state index contributed by atoms with van der Waals surface area (Å²) in [5.74, 6) is 0.472. The summed E-state index contributed by atoms with van der Waals surface area (Å²) < 4.78 is 7.43. The van der Waals surface area contributed by atoms with Crippen LogP contribution in [0.3, 0.4) is 0 Å². The molecular weight excluding hydrogens is 244 g/mol. The predicted octanol–water partition coefficient (Wildman–Crippen LogP) is 1.56. The van der Waals surface area contributed by atoms with E-state index in [4.69, 9.17) is 4.74 Å². The second-order valence-corrected chi connectivity index (χ2v) is 4.06. The first-order valence-electron chi connectivity index (χ1n) is 5.78. The Morgan fingerprint density at radius 2 is 2.42 bits per heavy atom. The van der Waals surface area contributed by atoms with Gasteiger partial charge in [0.05, 0.1) is 29.7 Å². The van der Waals surface area contributed by atoms with E-state index in [1.165, 1.54) is 6.20 Å². The Labute approximate surface area is 109 Å². The lowest BCUT2D eigenvalue weighted by Crippen LogP contribution is -2.26. The third-order valence-corrected chi connectivity index (χ3v) is 2.89. The molecule has 3 rings (SSSR count). The van der Waals surface area contributed by atoms with Gasteiger partial charge >= 0.3 is 0 Å². The van der Waals surface area contributed by atoms with Crippen molar-refractivity contribution in [1.82, 2.24) is 4.98 Å².